The van der Waals surface area contributed by atoms with Gasteiger partial charge >= 0.3 is 0 Å². The molecule has 3 heterocycles. The van der Waals surface area contributed by atoms with Crippen LogP contribution in [0.25, 0.3) is 11.8 Å². The summed E-state index contributed by atoms with van der Waals surface area (Å²) in [5, 5.41) is 36.7. The SMILES string of the molecule is CCC[C@@H]1O[C@@H]2C[C@H]3[C@@H]4CCC5=Cc6c(cnn6-c6ccc(F)c(CN7CCC(CO)CC7)c6)C[C@]5(C)[C@H]4[C@@H](O)C[C@]3(C)[C@]2(C(=O)CO)O1. The van der Waals surface area contributed by atoms with Gasteiger partial charge < -0.3 is 24.8 Å². The Morgan fingerprint density at radius 3 is 2.69 bits per heavy atom. The van der Waals surface area contributed by atoms with Gasteiger partial charge in [-0.15, -0.1) is 0 Å². The molecule has 0 radical (unpaired) electrons. The van der Waals surface area contributed by atoms with Crippen LogP contribution in [0.15, 0.2) is 30.0 Å². The van der Waals surface area contributed by atoms with Crippen LogP contribution in [-0.4, -0.2) is 86.2 Å². The summed E-state index contributed by atoms with van der Waals surface area (Å²) in [6, 6.07) is 5.27. The number of fused-ring (bicyclic) bond motifs is 8. The number of hydrogen-bond donors (Lipinski definition) is 3. The maximum Gasteiger partial charge on any atom is 0.193 e. The Kier molecular flexibility index (Phi) is 8.48. The van der Waals surface area contributed by atoms with Crippen molar-refractivity contribution in [3.63, 3.8) is 0 Å². The van der Waals surface area contributed by atoms with Crippen LogP contribution < -0.4 is 0 Å². The summed E-state index contributed by atoms with van der Waals surface area (Å²) < 4.78 is 30.0. The number of aromatic nitrogens is 2. The predicted octanol–water partition coefficient (Wildman–Crippen LogP) is 4.82. The molecule has 9 atom stereocenters. The first kappa shape index (κ1) is 33.7. The molecule has 0 bridgehead atoms. The van der Waals surface area contributed by atoms with Gasteiger partial charge in [0.15, 0.2) is 17.7 Å². The van der Waals surface area contributed by atoms with Crippen LogP contribution in [0.3, 0.4) is 0 Å². The molecule has 8 rings (SSSR count). The lowest BCUT2D eigenvalue weighted by atomic mass is 9.45. The highest BCUT2D eigenvalue weighted by Crippen LogP contribution is 2.70. The number of ether oxygens (including phenoxy) is 2. The Balaban J connectivity index is 1.07. The second kappa shape index (κ2) is 12.3. The van der Waals surface area contributed by atoms with E-state index in [1.165, 1.54) is 5.57 Å². The van der Waals surface area contributed by atoms with E-state index in [2.05, 4.69) is 31.7 Å². The summed E-state index contributed by atoms with van der Waals surface area (Å²) in [5.74, 6) is 0.105. The molecule has 1 aromatic carbocycles. The van der Waals surface area contributed by atoms with Gasteiger partial charge in [0.25, 0.3) is 0 Å². The van der Waals surface area contributed by atoms with Gasteiger partial charge in [-0.1, -0.05) is 32.8 Å². The van der Waals surface area contributed by atoms with E-state index in [0.717, 1.165) is 68.6 Å². The number of benzene rings is 1. The zero-order valence-corrected chi connectivity index (χ0v) is 29.1. The zero-order valence-electron chi connectivity index (χ0n) is 29.1. The first-order valence-corrected chi connectivity index (χ1v) is 18.6. The van der Waals surface area contributed by atoms with Crippen molar-refractivity contribution < 1.29 is 34.0 Å². The Bertz CT molecular complexity index is 1640. The maximum atomic E-state index is 15.1. The quantitative estimate of drug-likeness (QED) is 0.364. The summed E-state index contributed by atoms with van der Waals surface area (Å²) in [7, 11) is 0. The standard InChI is InChI=1S/C39H52FN3O6/c1-4-5-35-48-34-16-29-28-8-6-26-15-31-25(17-37(26,2)36(28)32(46)18-38(29,3)39(34,49-35)33(47)22-45)19-41-43(31)27-7-9-30(40)24(14-27)20-42-12-10-23(21-44)11-13-42/h7,9,14-15,19,23,28-29,32,34-36,44-46H,4-6,8,10-13,16-18,20-22H2,1-3H3/t28-,29-,32-,34+,35+,36+,37-,38-,39+/m0/s1. The van der Waals surface area contributed by atoms with Crippen LogP contribution in [0.5, 0.6) is 0 Å². The van der Waals surface area contributed by atoms with E-state index in [4.69, 9.17) is 14.6 Å². The second-order valence-electron chi connectivity index (χ2n) is 16.4. The summed E-state index contributed by atoms with van der Waals surface area (Å²) >= 11 is 0. The fourth-order valence-corrected chi connectivity index (χ4v) is 11.6. The number of piperidine rings is 1. The number of aliphatic hydroxyl groups excluding tert-OH is 3. The fraction of sp³-hybridized carbons (Fsp3) is 0.692. The number of ketones is 1. The number of halogens is 1. The van der Waals surface area contributed by atoms with E-state index in [1.807, 2.05) is 16.9 Å². The molecule has 5 fully saturated rings. The van der Waals surface area contributed by atoms with Gasteiger partial charge in [-0.25, -0.2) is 9.07 Å². The van der Waals surface area contributed by atoms with Gasteiger partial charge in [-0.2, -0.15) is 5.10 Å². The lowest BCUT2D eigenvalue weighted by molar-refractivity contribution is -0.202. The van der Waals surface area contributed by atoms with Crippen LogP contribution >= 0.6 is 0 Å². The molecule has 2 aliphatic heterocycles. The van der Waals surface area contributed by atoms with Crippen molar-refractivity contribution in [2.75, 3.05) is 26.3 Å². The van der Waals surface area contributed by atoms with E-state index in [9.17, 15) is 20.1 Å². The molecule has 4 aliphatic carbocycles. The molecular weight excluding hydrogens is 625 g/mol. The fourth-order valence-electron chi connectivity index (χ4n) is 11.6. The molecule has 2 aromatic rings. The summed E-state index contributed by atoms with van der Waals surface area (Å²) in [4.78, 5) is 15.9. The van der Waals surface area contributed by atoms with Crippen LogP contribution in [-0.2, 0) is 27.2 Å². The Morgan fingerprint density at radius 1 is 1.16 bits per heavy atom. The minimum atomic E-state index is -1.24. The summed E-state index contributed by atoms with van der Waals surface area (Å²) in [6.45, 7) is 8.32. The highest BCUT2D eigenvalue weighted by atomic mass is 19.1. The molecule has 6 aliphatic rings. The van der Waals surface area contributed by atoms with E-state index >= 15 is 4.39 Å². The molecule has 0 amide bonds. The number of likely N-dealkylation sites (tertiary alicyclic amines) is 1. The second-order valence-corrected chi connectivity index (χ2v) is 16.4. The Morgan fingerprint density at radius 2 is 1.96 bits per heavy atom. The van der Waals surface area contributed by atoms with Crippen LogP contribution in [0, 0.1) is 40.3 Å². The molecule has 0 unspecified atom stereocenters. The molecule has 10 heteroatoms. The first-order chi connectivity index (χ1) is 23.6. The molecule has 1 aromatic heterocycles. The van der Waals surface area contributed by atoms with Gasteiger partial charge in [0.1, 0.15) is 12.4 Å². The van der Waals surface area contributed by atoms with E-state index in [-0.39, 0.29) is 41.4 Å². The normalized spacial score (nSPS) is 38.7. The monoisotopic (exact) mass is 677 g/mol. The maximum absolute atomic E-state index is 15.1. The lowest BCUT2D eigenvalue weighted by Gasteiger charge is -2.60. The Labute approximate surface area is 288 Å². The van der Waals surface area contributed by atoms with Crippen molar-refractivity contribution in [3.8, 4) is 5.69 Å². The van der Waals surface area contributed by atoms with Gasteiger partial charge in [-0.05, 0) is 123 Å². The van der Waals surface area contributed by atoms with Gasteiger partial charge in [0.05, 0.1) is 29.8 Å². The third-order valence-corrected chi connectivity index (χ3v) is 13.9. The van der Waals surface area contributed by atoms with Gasteiger partial charge in [0.2, 0.25) is 0 Å². The van der Waals surface area contributed by atoms with Crippen molar-refractivity contribution in [2.24, 2.45) is 34.5 Å². The van der Waals surface area contributed by atoms with E-state index < -0.39 is 36.1 Å². The Hall–Kier alpha value is -2.47. The van der Waals surface area contributed by atoms with Crippen LogP contribution in [0.2, 0.25) is 0 Å². The largest absolute Gasteiger partial charge is 0.396 e. The molecule has 3 N–H and O–H groups in total. The van der Waals surface area contributed by atoms with Crippen LogP contribution in [0.4, 0.5) is 4.39 Å². The molecular formula is C39H52FN3O6. The van der Waals surface area contributed by atoms with Crippen molar-refractivity contribution >= 4 is 11.9 Å². The van der Waals surface area contributed by atoms with Crippen molar-refractivity contribution in [3.05, 3.63) is 52.6 Å². The number of rotatable bonds is 8. The number of hydrogen-bond acceptors (Lipinski definition) is 8. The minimum absolute atomic E-state index is 0.000941. The predicted molar refractivity (Wildman–Crippen MR) is 181 cm³/mol. The van der Waals surface area contributed by atoms with Gasteiger partial charge in [-0.3, -0.25) is 9.69 Å². The first-order valence-electron chi connectivity index (χ1n) is 18.6. The average molecular weight is 678 g/mol. The number of nitrogens with zero attached hydrogens (tertiary/aromatic N) is 3. The topological polar surface area (TPSA) is 117 Å². The van der Waals surface area contributed by atoms with Crippen molar-refractivity contribution in [1.82, 2.24) is 14.7 Å². The third kappa shape index (κ3) is 4.99. The van der Waals surface area contributed by atoms with E-state index in [1.54, 1.807) is 12.1 Å². The average Bonchev–Trinajstić information content (AvgIpc) is 3.73. The highest BCUT2D eigenvalue weighted by Gasteiger charge is 2.75. The summed E-state index contributed by atoms with van der Waals surface area (Å²) in [5.41, 5.74) is 2.79. The lowest BCUT2D eigenvalue weighted by Crippen LogP contribution is -2.64. The molecule has 2 saturated heterocycles. The highest BCUT2D eigenvalue weighted by molar-refractivity contribution is 5.91. The number of Topliss-reactive ketones (excluding diaryl/α,β-unsaturated/α-hetero) is 1. The van der Waals surface area contributed by atoms with E-state index in [0.29, 0.717) is 37.3 Å². The third-order valence-electron chi connectivity index (χ3n) is 13.9. The molecule has 9 nitrogen and oxygen atoms in total. The van der Waals surface area contributed by atoms with Crippen LogP contribution in [0.1, 0.15) is 89.0 Å². The number of allylic oxidation sites excluding steroid dienone is 1. The summed E-state index contributed by atoms with van der Waals surface area (Å²) in [6.07, 6.45) is 9.74. The number of carbonyl (C=O) groups is 1. The van der Waals surface area contributed by atoms with Gasteiger partial charge in [0, 0.05) is 24.1 Å². The number of aliphatic hydroxyl groups is 3. The number of carbonyl (C=O) groups excluding carboxylic acids is 1. The minimum Gasteiger partial charge on any atom is -0.396 e. The van der Waals surface area contributed by atoms with Crippen molar-refractivity contribution in [2.45, 2.75) is 109 Å². The molecule has 0 spiro atoms. The smallest absolute Gasteiger partial charge is 0.193 e. The van der Waals surface area contributed by atoms with Crippen molar-refractivity contribution in [1.29, 1.82) is 0 Å². The molecule has 266 valence electrons. The molecule has 3 saturated carbocycles. The zero-order chi connectivity index (χ0) is 34.3. The molecule has 49 heavy (non-hydrogen) atoms.